The number of carbonyl (C=O) groups is 2. The smallest absolute Gasteiger partial charge is 0.299 e. The summed E-state index contributed by atoms with van der Waals surface area (Å²) in [6.45, 7) is 3.48. The number of thiocarbonyl (C=S) groups is 1. The van der Waals surface area contributed by atoms with E-state index in [1.807, 2.05) is 6.07 Å². The number of Topliss-reactive ketones (excluding diaryl/α,β-unsaturated/α-hetero) is 1. The summed E-state index contributed by atoms with van der Waals surface area (Å²) in [5, 5.41) is 10.8. The fourth-order valence-electron chi connectivity index (χ4n) is 3.72. The van der Waals surface area contributed by atoms with Gasteiger partial charge in [-0.3, -0.25) is 19.7 Å². The average molecular weight is 457 g/mol. The molecule has 2 heterocycles. The highest BCUT2D eigenvalue weighted by molar-refractivity contribution is 8.22. The van der Waals surface area contributed by atoms with Crippen molar-refractivity contribution in [3.63, 3.8) is 0 Å². The van der Waals surface area contributed by atoms with Crippen LogP contribution in [0.4, 0.5) is 17.1 Å². The van der Waals surface area contributed by atoms with E-state index in [2.05, 4.69) is 9.80 Å². The van der Waals surface area contributed by atoms with Crippen LogP contribution in [0.1, 0.15) is 10.4 Å². The molecule has 1 saturated heterocycles. The van der Waals surface area contributed by atoms with E-state index in [0.29, 0.717) is 23.5 Å². The number of benzene rings is 2. The molecular formula is C21H20N4O4S2. The zero-order chi connectivity index (χ0) is 22.0. The Labute approximate surface area is 188 Å². The molecule has 0 bridgehead atoms. The molecule has 2 aromatic carbocycles. The lowest BCUT2D eigenvalue weighted by Crippen LogP contribution is -2.47. The maximum absolute atomic E-state index is 12.2. The Balaban J connectivity index is 1.26. The number of anilines is 2. The van der Waals surface area contributed by atoms with E-state index in [1.54, 1.807) is 30.3 Å². The first-order valence-electron chi connectivity index (χ1n) is 9.82. The topological polar surface area (TPSA) is 87.0 Å². The number of piperazine rings is 1. The van der Waals surface area contributed by atoms with Crippen molar-refractivity contribution < 1.29 is 14.5 Å². The Morgan fingerprint density at radius 3 is 2.39 bits per heavy atom. The minimum absolute atomic E-state index is 0.0840. The van der Waals surface area contributed by atoms with Crippen molar-refractivity contribution >= 4 is 57.1 Å². The highest BCUT2D eigenvalue weighted by Crippen LogP contribution is 2.29. The molecule has 1 fully saturated rings. The van der Waals surface area contributed by atoms with Crippen molar-refractivity contribution in [3.8, 4) is 0 Å². The van der Waals surface area contributed by atoms with Crippen LogP contribution in [-0.4, -0.2) is 64.3 Å². The van der Waals surface area contributed by atoms with Gasteiger partial charge in [-0.25, -0.2) is 0 Å². The van der Waals surface area contributed by atoms with Crippen molar-refractivity contribution in [1.29, 1.82) is 0 Å². The SMILES string of the molecule is O=C1C(=O)N(CCSC(=S)N2CCN(c3ccc([N+](=O)[O-])cc3)CC2)c2ccccc21. The molecule has 0 unspecified atom stereocenters. The van der Waals surface area contributed by atoms with Gasteiger partial charge in [0, 0.05) is 56.3 Å². The summed E-state index contributed by atoms with van der Waals surface area (Å²) >= 11 is 7.08. The minimum atomic E-state index is -0.482. The number of para-hydroxylation sites is 1. The predicted octanol–water partition coefficient (Wildman–Crippen LogP) is 2.96. The molecule has 2 aliphatic heterocycles. The summed E-state index contributed by atoms with van der Waals surface area (Å²) < 4.78 is 0.773. The van der Waals surface area contributed by atoms with Crippen LogP contribution in [0, 0.1) is 10.1 Å². The molecule has 0 atom stereocenters. The molecule has 31 heavy (non-hydrogen) atoms. The second kappa shape index (κ2) is 9.03. The van der Waals surface area contributed by atoms with Gasteiger partial charge < -0.3 is 14.7 Å². The molecule has 160 valence electrons. The molecule has 0 spiro atoms. The number of nitrogens with zero attached hydrogens (tertiary/aromatic N) is 4. The molecule has 4 rings (SSSR count). The molecule has 10 heteroatoms. The third-order valence-electron chi connectivity index (χ3n) is 5.38. The van der Waals surface area contributed by atoms with Gasteiger partial charge in [0.15, 0.2) is 0 Å². The van der Waals surface area contributed by atoms with Gasteiger partial charge in [-0.05, 0) is 24.3 Å². The molecule has 0 aliphatic carbocycles. The van der Waals surface area contributed by atoms with Crippen molar-refractivity contribution in [3.05, 3.63) is 64.2 Å². The van der Waals surface area contributed by atoms with Crippen LogP contribution in [0.3, 0.4) is 0 Å². The second-order valence-corrected chi connectivity index (χ2v) is 8.89. The van der Waals surface area contributed by atoms with E-state index in [4.69, 9.17) is 12.2 Å². The van der Waals surface area contributed by atoms with Crippen LogP contribution in [0.5, 0.6) is 0 Å². The van der Waals surface area contributed by atoms with E-state index >= 15 is 0 Å². The lowest BCUT2D eigenvalue weighted by Gasteiger charge is -2.37. The molecule has 0 aromatic heterocycles. The van der Waals surface area contributed by atoms with Crippen LogP contribution in [0.2, 0.25) is 0 Å². The van der Waals surface area contributed by atoms with Gasteiger partial charge in [-0.15, -0.1) is 0 Å². The van der Waals surface area contributed by atoms with Crippen LogP contribution < -0.4 is 9.80 Å². The number of nitro benzene ring substituents is 1. The highest BCUT2D eigenvalue weighted by Gasteiger charge is 2.35. The van der Waals surface area contributed by atoms with Crippen LogP contribution >= 0.6 is 24.0 Å². The third-order valence-corrected chi connectivity index (χ3v) is 6.89. The molecule has 2 aliphatic rings. The molecule has 2 aromatic rings. The van der Waals surface area contributed by atoms with Crippen LogP contribution in [0.15, 0.2) is 48.5 Å². The van der Waals surface area contributed by atoms with Gasteiger partial charge in [-0.2, -0.15) is 0 Å². The first-order valence-corrected chi connectivity index (χ1v) is 11.2. The van der Waals surface area contributed by atoms with E-state index in [9.17, 15) is 19.7 Å². The van der Waals surface area contributed by atoms with E-state index in [0.717, 1.165) is 36.2 Å². The summed E-state index contributed by atoms with van der Waals surface area (Å²) in [4.78, 5) is 40.6. The zero-order valence-corrected chi connectivity index (χ0v) is 18.2. The van der Waals surface area contributed by atoms with Gasteiger partial charge in [0.25, 0.3) is 17.4 Å². The Bertz CT molecular complexity index is 1040. The molecule has 0 saturated carbocycles. The predicted molar refractivity (Wildman–Crippen MR) is 125 cm³/mol. The number of nitro groups is 1. The van der Waals surface area contributed by atoms with E-state index in [1.165, 1.54) is 28.8 Å². The first-order chi connectivity index (χ1) is 15.0. The number of carbonyl (C=O) groups excluding carboxylic acids is 2. The minimum Gasteiger partial charge on any atom is -0.368 e. The highest BCUT2D eigenvalue weighted by atomic mass is 32.2. The summed E-state index contributed by atoms with van der Waals surface area (Å²) in [6.07, 6.45) is 0. The Morgan fingerprint density at radius 1 is 1.03 bits per heavy atom. The summed E-state index contributed by atoms with van der Waals surface area (Å²) in [5.41, 5.74) is 2.17. The molecule has 0 radical (unpaired) electrons. The lowest BCUT2D eigenvalue weighted by molar-refractivity contribution is -0.384. The van der Waals surface area contributed by atoms with Crippen molar-refractivity contribution in [2.75, 3.05) is 48.3 Å². The van der Waals surface area contributed by atoms with Gasteiger partial charge >= 0.3 is 0 Å². The Kier molecular flexibility index (Phi) is 6.19. The monoisotopic (exact) mass is 456 g/mol. The Morgan fingerprint density at radius 2 is 1.71 bits per heavy atom. The molecular weight excluding hydrogens is 436 g/mol. The van der Waals surface area contributed by atoms with Crippen molar-refractivity contribution in [2.24, 2.45) is 0 Å². The first kappa shape index (κ1) is 21.3. The Hall–Kier alpha value is -2.98. The second-order valence-electron chi connectivity index (χ2n) is 7.17. The van der Waals surface area contributed by atoms with Crippen LogP contribution in [0.25, 0.3) is 0 Å². The average Bonchev–Trinajstić information content (AvgIpc) is 3.04. The molecule has 0 N–H and O–H groups in total. The summed E-state index contributed by atoms with van der Waals surface area (Å²) in [6, 6.07) is 13.6. The van der Waals surface area contributed by atoms with Crippen molar-refractivity contribution in [1.82, 2.24) is 4.90 Å². The summed E-state index contributed by atoms with van der Waals surface area (Å²) in [5.74, 6) is -0.329. The molecule has 8 nitrogen and oxygen atoms in total. The van der Waals surface area contributed by atoms with Gasteiger partial charge in [-0.1, -0.05) is 36.1 Å². The number of rotatable bonds is 5. The quantitative estimate of drug-likeness (QED) is 0.294. The van der Waals surface area contributed by atoms with Crippen LogP contribution in [-0.2, 0) is 4.79 Å². The number of fused-ring (bicyclic) bond motifs is 1. The van der Waals surface area contributed by atoms with E-state index < -0.39 is 16.6 Å². The number of hydrogen-bond acceptors (Lipinski definition) is 7. The maximum atomic E-state index is 12.2. The van der Waals surface area contributed by atoms with Crippen molar-refractivity contribution in [2.45, 2.75) is 0 Å². The number of hydrogen-bond donors (Lipinski definition) is 0. The standard InChI is InChI=1S/C21H20N4O4S2/c26-19-17-3-1-2-4-18(17)24(20(19)27)13-14-31-21(30)23-11-9-22(10-12-23)15-5-7-16(8-6-15)25(28)29/h1-8H,9-14H2. The van der Waals surface area contributed by atoms with E-state index in [-0.39, 0.29) is 5.69 Å². The van der Waals surface area contributed by atoms with Gasteiger partial charge in [0.05, 0.1) is 16.2 Å². The molecule has 1 amide bonds. The fourth-order valence-corrected chi connectivity index (χ4v) is 4.96. The van der Waals surface area contributed by atoms with Gasteiger partial charge in [0.2, 0.25) is 0 Å². The fraction of sp³-hybridized carbons (Fsp3) is 0.286. The third kappa shape index (κ3) is 4.40. The lowest BCUT2D eigenvalue weighted by atomic mass is 10.1. The summed E-state index contributed by atoms with van der Waals surface area (Å²) in [7, 11) is 0. The largest absolute Gasteiger partial charge is 0.368 e. The number of ketones is 1. The number of thioether (sulfide) groups is 1. The number of non-ortho nitro benzene ring substituents is 1. The van der Waals surface area contributed by atoms with Gasteiger partial charge in [0.1, 0.15) is 4.32 Å². The zero-order valence-electron chi connectivity index (χ0n) is 16.6. The normalized spacial score (nSPS) is 15.9. The maximum Gasteiger partial charge on any atom is 0.299 e. The number of amides is 1.